The molecular formula is C19H20N4O2. The second-order valence-corrected chi connectivity index (χ2v) is 5.93. The third-order valence-electron chi connectivity index (χ3n) is 4.04. The number of aromatic amines is 1. The highest BCUT2D eigenvalue weighted by atomic mass is 16.3. The van der Waals surface area contributed by atoms with Gasteiger partial charge in [-0.3, -0.25) is 9.89 Å². The molecule has 0 aliphatic carbocycles. The Hall–Kier alpha value is -2.99. The van der Waals surface area contributed by atoms with E-state index in [9.17, 15) is 9.90 Å². The van der Waals surface area contributed by atoms with Crippen LogP contribution in [0.3, 0.4) is 0 Å². The molecule has 0 spiro atoms. The fourth-order valence-corrected chi connectivity index (χ4v) is 2.57. The van der Waals surface area contributed by atoms with Crippen LogP contribution in [-0.4, -0.2) is 38.3 Å². The van der Waals surface area contributed by atoms with Gasteiger partial charge >= 0.3 is 0 Å². The van der Waals surface area contributed by atoms with E-state index in [4.69, 9.17) is 0 Å². The van der Waals surface area contributed by atoms with Crippen molar-refractivity contribution < 1.29 is 9.90 Å². The first-order valence-electron chi connectivity index (χ1n) is 8.12. The number of nitrogens with one attached hydrogen (secondary N) is 2. The van der Waals surface area contributed by atoms with Crippen molar-refractivity contribution in [2.24, 2.45) is 0 Å². The van der Waals surface area contributed by atoms with Crippen LogP contribution in [0.2, 0.25) is 0 Å². The molecule has 0 aliphatic heterocycles. The maximum Gasteiger partial charge on any atom is 0.251 e. The van der Waals surface area contributed by atoms with Crippen LogP contribution in [0, 0.1) is 0 Å². The van der Waals surface area contributed by atoms with Crippen molar-refractivity contribution in [2.45, 2.75) is 25.5 Å². The van der Waals surface area contributed by atoms with Gasteiger partial charge in [0.1, 0.15) is 6.33 Å². The van der Waals surface area contributed by atoms with E-state index in [1.807, 2.05) is 36.4 Å². The Morgan fingerprint density at radius 3 is 2.72 bits per heavy atom. The Balaban J connectivity index is 1.64. The number of benzene rings is 2. The van der Waals surface area contributed by atoms with E-state index in [-0.39, 0.29) is 11.9 Å². The standard InChI is InChI=1S/C19H20N4O2/c1-13(17(24)10-14-6-3-2-4-7-14)22-19(25)16-9-5-8-15(11-16)18-20-12-21-23-18/h2-9,11-13,17,24H,10H2,1H3,(H,22,25)(H,20,21,23). The van der Waals surface area contributed by atoms with E-state index < -0.39 is 6.10 Å². The van der Waals surface area contributed by atoms with Gasteiger partial charge in [0.2, 0.25) is 0 Å². The van der Waals surface area contributed by atoms with Gasteiger partial charge in [0, 0.05) is 17.5 Å². The molecule has 2 atom stereocenters. The van der Waals surface area contributed by atoms with Crippen LogP contribution in [0.5, 0.6) is 0 Å². The van der Waals surface area contributed by atoms with Crippen molar-refractivity contribution in [3.05, 3.63) is 72.1 Å². The number of amides is 1. The van der Waals surface area contributed by atoms with Gasteiger partial charge in [-0.25, -0.2) is 4.98 Å². The molecule has 0 radical (unpaired) electrons. The number of hydrogen-bond donors (Lipinski definition) is 3. The quantitative estimate of drug-likeness (QED) is 0.643. The molecule has 3 rings (SSSR count). The molecular weight excluding hydrogens is 316 g/mol. The number of rotatable bonds is 6. The molecule has 0 saturated carbocycles. The van der Waals surface area contributed by atoms with Gasteiger partial charge in [-0.15, -0.1) is 0 Å². The van der Waals surface area contributed by atoms with Gasteiger partial charge in [-0.1, -0.05) is 42.5 Å². The van der Waals surface area contributed by atoms with E-state index in [0.29, 0.717) is 17.8 Å². The Kier molecular flexibility index (Phi) is 5.20. The summed E-state index contributed by atoms with van der Waals surface area (Å²) in [6.07, 6.45) is 1.24. The molecule has 2 unspecified atom stereocenters. The zero-order valence-electron chi connectivity index (χ0n) is 13.9. The van der Waals surface area contributed by atoms with Crippen molar-refractivity contribution in [1.29, 1.82) is 0 Å². The highest BCUT2D eigenvalue weighted by Gasteiger charge is 2.18. The zero-order chi connectivity index (χ0) is 17.6. The van der Waals surface area contributed by atoms with Gasteiger partial charge in [-0.2, -0.15) is 5.10 Å². The van der Waals surface area contributed by atoms with Gasteiger partial charge in [0.05, 0.1) is 12.1 Å². The van der Waals surface area contributed by atoms with Gasteiger partial charge in [-0.05, 0) is 24.6 Å². The molecule has 1 aromatic heterocycles. The zero-order valence-corrected chi connectivity index (χ0v) is 13.9. The van der Waals surface area contributed by atoms with E-state index in [1.165, 1.54) is 6.33 Å². The number of carbonyl (C=O) groups is 1. The van der Waals surface area contributed by atoms with Gasteiger partial charge in [0.15, 0.2) is 5.82 Å². The SMILES string of the molecule is CC(NC(=O)c1cccc(-c2ncn[nH]2)c1)C(O)Cc1ccccc1. The monoisotopic (exact) mass is 336 g/mol. The largest absolute Gasteiger partial charge is 0.391 e. The summed E-state index contributed by atoms with van der Waals surface area (Å²) in [6, 6.07) is 16.4. The minimum atomic E-state index is -0.663. The van der Waals surface area contributed by atoms with E-state index in [0.717, 1.165) is 11.1 Å². The van der Waals surface area contributed by atoms with E-state index in [2.05, 4.69) is 20.5 Å². The lowest BCUT2D eigenvalue weighted by molar-refractivity contribution is 0.0852. The molecule has 25 heavy (non-hydrogen) atoms. The second kappa shape index (κ2) is 7.72. The average molecular weight is 336 g/mol. The molecule has 1 heterocycles. The van der Waals surface area contributed by atoms with Crippen molar-refractivity contribution in [3.63, 3.8) is 0 Å². The fraction of sp³-hybridized carbons (Fsp3) is 0.211. The number of aliphatic hydroxyl groups excluding tert-OH is 1. The first-order chi connectivity index (χ1) is 12.1. The third kappa shape index (κ3) is 4.30. The lowest BCUT2D eigenvalue weighted by Gasteiger charge is -2.20. The molecule has 6 heteroatoms. The predicted molar refractivity (Wildman–Crippen MR) is 94.9 cm³/mol. The first-order valence-corrected chi connectivity index (χ1v) is 8.12. The highest BCUT2D eigenvalue weighted by molar-refractivity contribution is 5.95. The van der Waals surface area contributed by atoms with E-state index in [1.54, 1.807) is 25.1 Å². The summed E-state index contributed by atoms with van der Waals surface area (Å²) in [4.78, 5) is 16.5. The van der Waals surface area contributed by atoms with Crippen LogP contribution < -0.4 is 5.32 Å². The van der Waals surface area contributed by atoms with Crippen LogP contribution >= 0.6 is 0 Å². The minimum Gasteiger partial charge on any atom is -0.391 e. The number of nitrogens with zero attached hydrogens (tertiary/aromatic N) is 2. The molecule has 0 saturated heterocycles. The molecule has 0 bridgehead atoms. The van der Waals surface area contributed by atoms with Crippen LogP contribution in [-0.2, 0) is 6.42 Å². The molecule has 2 aromatic carbocycles. The maximum atomic E-state index is 12.5. The molecule has 128 valence electrons. The number of H-pyrrole nitrogens is 1. The summed E-state index contributed by atoms with van der Waals surface area (Å²) in [5, 5.41) is 19.8. The van der Waals surface area contributed by atoms with Crippen molar-refractivity contribution in [1.82, 2.24) is 20.5 Å². The van der Waals surface area contributed by atoms with E-state index >= 15 is 0 Å². The maximum absolute atomic E-state index is 12.5. The summed E-state index contributed by atoms with van der Waals surface area (Å²) in [5.41, 5.74) is 2.32. The molecule has 0 fully saturated rings. The van der Waals surface area contributed by atoms with Gasteiger partial charge in [0.25, 0.3) is 5.91 Å². The van der Waals surface area contributed by atoms with Crippen LogP contribution in [0.4, 0.5) is 0 Å². The van der Waals surface area contributed by atoms with Crippen LogP contribution in [0.25, 0.3) is 11.4 Å². The Labute approximate surface area is 145 Å². The lowest BCUT2D eigenvalue weighted by Crippen LogP contribution is -2.42. The average Bonchev–Trinajstić information content (AvgIpc) is 3.17. The number of carbonyl (C=O) groups excluding carboxylic acids is 1. The minimum absolute atomic E-state index is 0.235. The number of aliphatic hydroxyl groups is 1. The highest BCUT2D eigenvalue weighted by Crippen LogP contribution is 2.15. The topological polar surface area (TPSA) is 90.9 Å². The van der Waals surface area contributed by atoms with Crippen molar-refractivity contribution >= 4 is 5.91 Å². The summed E-state index contributed by atoms with van der Waals surface area (Å²) in [5.74, 6) is 0.368. The van der Waals surface area contributed by atoms with Gasteiger partial charge < -0.3 is 10.4 Å². The molecule has 3 N–H and O–H groups in total. The normalized spacial score (nSPS) is 13.2. The van der Waals surface area contributed by atoms with Crippen molar-refractivity contribution in [3.8, 4) is 11.4 Å². The van der Waals surface area contributed by atoms with Crippen LogP contribution in [0.15, 0.2) is 60.9 Å². The predicted octanol–water partition coefficient (Wildman–Crippen LogP) is 2.19. The Morgan fingerprint density at radius 1 is 1.20 bits per heavy atom. The number of aromatic nitrogens is 3. The second-order valence-electron chi connectivity index (χ2n) is 5.93. The lowest BCUT2D eigenvalue weighted by atomic mass is 10.0. The fourth-order valence-electron chi connectivity index (χ4n) is 2.57. The number of hydrogen-bond acceptors (Lipinski definition) is 4. The Morgan fingerprint density at radius 2 is 2.00 bits per heavy atom. The molecule has 3 aromatic rings. The first kappa shape index (κ1) is 16.9. The van der Waals surface area contributed by atoms with Crippen molar-refractivity contribution in [2.75, 3.05) is 0 Å². The summed E-state index contributed by atoms with van der Waals surface area (Å²) in [7, 11) is 0. The molecule has 1 amide bonds. The summed E-state index contributed by atoms with van der Waals surface area (Å²) >= 11 is 0. The molecule has 6 nitrogen and oxygen atoms in total. The summed E-state index contributed by atoms with van der Waals surface area (Å²) < 4.78 is 0. The third-order valence-corrected chi connectivity index (χ3v) is 4.04. The smallest absolute Gasteiger partial charge is 0.251 e. The van der Waals surface area contributed by atoms with Crippen LogP contribution in [0.1, 0.15) is 22.8 Å². The Bertz CT molecular complexity index is 818. The summed E-state index contributed by atoms with van der Waals surface area (Å²) in [6.45, 7) is 1.80. The molecule has 0 aliphatic rings.